The van der Waals surface area contributed by atoms with E-state index in [0.717, 1.165) is 37.6 Å². The van der Waals surface area contributed by atoms with Gasteiger partial charge in [-0.25, -0.2) is 0 Å². The van der Waals surface area contributed by atoms with Gasteiger partial charge in [-0.15, -0.1) is 24.0 Å². The Bertz CT molecular complexity index is 541. The quantitative estimate of drug-likeness (QED) is 0.553. The van der Waals surface area contributed by atoms with Crippen LogP contribution in [0.3, 0.4) is 0 Å². The highest BCUT2D eigenvalue weighted by Gasteiger charge is 2.29. The lowest BCUT2D eigenvalue weighted by molar-refractivity contribution is -0.137. The third-order valence-corrected chi connectivity index (χ3v) is 2.69. The molecule has 114 valence electrons. The molecule has 0 amide bonds. The Morgan fingerprint density at radius 1 is 1.24 bits per heavy atom. The Hall–Kier alpha value is -1.43. The zero-order valence-corrected chi connectivity index (χ0v) is 13.5. The van der Waals surface area contributed by atoms with Gasteiger partial charge in [0.25, 0.3) is 0 Å². The fourth-order valence-electron chi connectivity index (χ4n) is 1.67. The minimum Gasteiger partial charge on any atom is -0.356 e. The van der Waals surface area contributed by atoms with Gasteiger partial charge in [-0.1, -0.05) is 11.8 Å². The van der Waals surface area contributed by atoms with Crippen LogP contribution < -0.4 is 10.6 Å². The van der Waals surface area contributed by atoms with Gasteiger partial charge in [0.1, 0.15) is 0 Å². The summed E-state index contributed by atoms with van der Waals surface area (Å²) in [4.78, 5) is 4.21. The maximum Gasteiger partial charge on any atom is 0.416 e. The van der Waals surface area contributed by atoms with E-state index in [1.807, 2.05) is 0 Å². The van der Waals surface area contributed by atoms with Crippen LogP contribution in [-0.2, 0) is 6.18 Å². The van der Waals surface area contributed by atoms with Crippen LogP contribution in [0.4, 0.5) is 13.2 Å². The number of hydrogen-bond acceptors (Lipinski definition) is 3. The molecule has 0 aromatic heterocycles. The minimum absolute atomic E-state index is 0. The molecular formula is C14H15F3IN3. The lowest BCUT2D eigenvalue weighted by Gasteiger charge is -2.14. The molecule has 1 heterocycles. The molecule has 0 saturated carbocycles. The van der Waals surface area contributed by atoms with Crippen molar-refractivity contribution in [2.45, 2.75) is 12.6 Å². The maximum absolute atomic E-state index is 12.4. The molecule has 0 fully saturated rings. The highest BCUT2D eigenvalue weighted by molar-refractivity contribution is 14.0. The van der Waals surface area contributed by atoms with E-state index in [1.54, 1.807) is 0 Å². The van der Waals surface area contributed by atoms with Crippen molar-refractivity contribution < 1.29 is 13.2 Å². The summed E-state index contributed by atoms with van der Waals surface area (Å²) in [6.45, 7) is 2.08. The van der Waals surface area contributed by atoms with E-state index >= 15 is 0 Å². The number of benzene rings is 1. The summed E-state index contributed by atoms with van der Waals surface area (Å²) in [6, 6.07) is 4.80. The first-order chi connectivity index (χ1) is 9.55. The van der Waals surface area contributed by atoms with Gasteiger partial charge < -0.3 is 10.6 Å². The highest BCUT2D eigenvalue weighted by Crippen LogP contribution is 2.28. The monoisotopic (exact) mass is 409 g/mol. The molecule has 0 spiro atoms. The normalized spacial score (nSPS) is 14.0. The molecule has 0 bridgehead atoms. The summed E-state index contributed by atoms with van der Waals surface area (Å²) < 4.78 is 37.1. The van der Waals surface area contributed by atoms with E-state index in [2.05, 4.69) is 27.5 Å². The molecule has 2 rings (SSSR count). The number of alkyl halides is 3. The van der Waals surface area contributed by atoms with Gasteiger partial charge in [0.2, 0.25) is 0 Å². The Labute approximate surface area is 138 Å². The third-order valence-electron chi connectivity index (χ3n) is 2.69. The second-order valence-corrected chi connectivity index (χ2v) is 4.24. The molecule has 0 radical (unpaired) electrons. The van der Waals surface area contributed by atoms with Gasteiger partial charge in [0, 0.05) is 18.7 Å². The molecule has 0 atom stereocenters. The van der Waals surface area contributed by atoms with Gasteiger partial charge in [0.15, 0.2) is 5.96 Å². The standard InChI is InChI=1S/C14H14F3N3.HI/c15-14(16,17)12-6-4-11(5-7-12)3-1-8-18-13-19-9-2-10-20-13;/h4-7H,2,8-10H2,(H2,18,19,20);1H. The zero-order valence-electron chi connectivity index (χ0n) is 11.1. The van der Waals surface area contributed by atoms with E-state index < -0.39 is 11.7 Å². The van der Waals surface area contributed by atoms with Gasteiger partial charge >= 0.3 is 6.18 Å². The lowest BCUT2D eigenvalue weighted by Crippen LogP contribution is -2.40. The number of rotatable bonds is 1. The number of nitrogens with zero attached hydrogens (tertiary/aromatic N) is 1. The van der Waals surface area contributed by atoms with Crippen LogP contribution in [0.5, 0.6) is 0 Å². The van der Waals surface area contributed by atoms with Crippen molar-refractivity contribution in [1.29, 1.82) is 0 Å². The largest absolute Gasteiger partial charge is 0.416 e. The topological polar surface area (TPSA) is 36.4 Å². The number of aliphatic imine (C=N–C) groups is 1. The third kappa shape index (κ3) is 5.83. The number of halogens is 4. The molecule has 0 aliphatic carbocycles. The molecular weight excluding hydrogens is 394 g/mol. The second-order valence-electron chi connectivity index (χ2n) is 4.24. The summed E-state index contributed by atoms with van der Waals surface area (Å²) in [6.07, 6.45) is -3.29. The molecule has 1 aromatic carbocycles. The van der Waals surface area contributed by atoms with Crippen molar-refractivity contribution in [1.82, 2.24) is 10.6 Å². The first-order valence-corrected chi connectivity index (χ1v) is 6.24. The lowest BCUT2D eigenvalue weighted by atomic mass is 10.1. The fraction of sp³-hybridized carbons (Fsp3) is 0.357. The Kier molecular flexibility index (Phi) is 6.81. The van der Waals surface area contributed by atoms with E-state index in [4.69, 9.17) is 0 Å². The van der Waals surface area contributed by atoms with Crippen molar-refractivity contribution in [3.8, 4) is 11.8 Å². The molecule has 1 aromatic rings. The van der Waals surface area contributed by atoms with E-state index in [1.165, 1.54) is 12.1 Å². The van der Waals surface area contributed by atoms with Crippen LogP contribution in [-0.4, -0.2) is 25.6 Å². The summed E-state index contributed by atoms with van der Waals surface area (Å²) in [7, 11) is 0. The van der Waals surface area contributed by atoms with E-state index in [0.29, 0.717) is 12.1 Å². The van der Waals surface area contributed by atoms with Crippen LogP contribution in [0.1, 0.15) is 17.5 Å². The van der Waals surface area contributed by atoms with Crippen LogP contribution >= 0.6 is 24.0 Å². The molecule has 7 heteroatoms. The number of guanidine groups is 1. The molecule has 1 aliphatic rings. The van der Waals surface area contributed by atoms with Crippen molar-refractivity contribution in [3.05, 3.63) is 35.4 Å². The van der Waals surface area contributed by atoms with Gasteiger partial charge in [-0.2, -0.15) is 13.2 Å². The first kappa shape index (κ1) is 17.6. The number of nitrogens with one attached hydrogen (secondary N) is 2. The first-order valence-electron chi connectivity index (χ1n) is 6.24. The van der Waals surface area contributed by atoms with E-state index in [9.17, 15) is 13.2 Å². The Morgan fingerprint density at radius 2 is 1.95 bits per heavy atom. The number of hydrogen-bond donors (Lipinski definition) is 2. The summed E-state index contributed by atoms with van der Waals surface area (Å²) in [5.41, 5.74) is -0.111. The Balaban J connectivity index is 0.00000220. The van der Waals surface area contributed by atoms with Gasteiger partial charge in [-0.05, 0) is 30.7 Å². The second kappa shape index (κ2) is 8.12. The fourth-order valence-corrected chi connectivity index (χ4v) is 1.67. The van der Waals surface area contributed by atoms with Crippen molar-refractivity contribution in [2.75, 3.05) is 19.6 Å². The Morgan fingerprint density at radius 3 is 2.52 bits per heavy atom. The average Bonchev–Trinajstić information content (AvgIpc) is 2.44. The molecule has 3 nitrogen and oxygen atoms in total. The van der Waals surface area contributed by atoms with Crippen LogP contribution in [0, 0.1) is 11.8 Å². The average molecular weight is 409 g/mol. The van der Waals surface area contributed by atoms with Gasteiger partial charge in [-0.3, -0.25) is 4.99 Å². The maximum atomic E-state index is 12.4. The zero-order chi connectivity index (χ0) is 14.4. The molecule has 0 unspecified atom stereocenters. The predicted octanol–water partition coefficient (Wildman–Crippen LogP) is 2.61. The summed E-state index contributed by atoms with van der Waals surface area (Å²) in [5.74, 6) is 6.36. The SMILES string of the molecule is FC(F)(F)c1ccc(C#CCNC2=NCCCN2)cc1.I. The smallest absolute Gasteiger partial charge is 0.356 e. The van der Waals surface area contributed by atoms with Gasteiger partial charge in [0.05, 0.1) is 12.1 Å². The molecule has 1 aliphatic heterocycles. The molecule has 2 N–H and O–H groups in total. The van der Waals surface area contributed by atoms with Crippen molar-refractivity contribution >= 4 is 29.9 Å². The van der Waals surface area contributed by atoms with Crippen molar-refractivity contribution in [2.24, 2.45) is 4.99 Å². The molecule has 21 heavy (non-hydrogen) atoms. The van der Waals surface area contributed by atoms with Crippen LogP contribution in [0.25, 0.3) is 0 Å². The van der Waals surface area contributed by atoms with Crippen molar-refractivity contribution in [3.63, 3.8) is 0 Å². The highest BCUT2D eigenvalue weighted by atomic mass is 127. The summed E-state index contributed by atoms with van der Waals surface area (Å²) >= 11 is 0. The minimum atomic E-state index is -4.31. The predicted molar refractivity (Wildman–Crippen MR) is 86.7 cm³/mol. The van der Waals surface area contributed by atoms with Crippen LogP contribution in [0.15, 0.2) is 29.3 Å². The molecule has 0 saturated heterocycles. The summed E-state index contributed by atoms with van der Waals surface area (Å²) in [5, 5.41) is 6.10. The van der Waals surface area contributed by atoms with Crippen LogP contribution in [0.2, 0.25) is 0 Å². The van der Waals surface area contributed by atoms with E-state index in [-0.39, 0.29) is 24.0 Å².